The lowest BCUT2D eigenvalue weighted by Gasteiger charge is -2.20. The van der Waals surface area contributed by atoms with E-state index in [0.29, 0.717) is 6.07 Å². The molecule has 1 unspecified atom stereocenters. The number of carbonyl (C=O) groups excluding carboxylic acids is 1. The first kappa shape index (κ1) is 22.2. The quantitative estimate of drug-likeness (QED) is 0.349. The van der Waals surface area contributed by atoms with Gasteiger partial charge in [-0.15, -0.1) is 11.8 Å². The average molecular weight is 438 g/mol. The molecule has 2 N–H and O–H groups in total. The van der Waals surface area contributed by atoms with Crippen LogP contribution in [0.25, 0.3) is 0 Å². The van der Waals surface area contributed by atoms with Gasteiger partial charge in [0.05, 0.1) is 17.2 Å². The minimum absolute atomic E-state index is 0.0204. The van der Waals surface area contributed by atoms with E-state index in [2.05, 4.69) is 0 Å². The number of esters is 1. The monoisotopic (exact) mass is 437 g/mol. The maximum atomic E-state index is 14.3. The van der Waals surface area contributed by atoms with E-state index >= 15 is 0 Å². The van der Waals surface area contributed by atoms with Gasteiger partial charge in [0.25, 0.3) is 0 Å². The molecule has 1 atom stereocenters. The topological polar surface area (TPSA) is 61.5 Å². The van der Waals surface area contributed by atoms with Gasteiger partial charge in [-0.25, -0.2) is 4.39 Å². The van der Waals surface area contributed by atoms with Gasteiger partial charge in [0.15, 0.2) is 11.6 Å². The number of benzene rings is 2. The summed E-state index contributed by atoms with van der Waals surface area (Å²) in [6.45, 7) is 1.77. The molecule has 0 heterocycles. The van der Waals surface area contributed by atoms with E-state index in [1.165, 1.54) is 18.2 Å². The van der Waals surface area contributed by atoms with E-state index in [1.54, 1.807) is 13.2 Å². The van der Waals surface area contributed by atoms with Crippen molar-refractivity contribution in [3.05, 3.63) is 52.3 Å². The molecule has 0 aromatic heterocycles. The fourth-order valence-corrected chi connectivity index (χ4v) is 3.41. The Balaban J connectivity index is 2.51. The van der Waals surface area contributed by atoms with Crippen LogP contribution in [0.3, 0.4) is 0 Å². The number of halogens is 5. The van der Waals surface area contributed by atoms with Gasteiger partial charge in [0.1, 0.15) is 11.0 Å². The lowest BCUT2D eigenvalue weighted by molar-refractivity contribution is -0.142. The summed E-state index contributed by atoms with van der Waals surface area (Å²) in [6, 6.07) is 5.25. The van der Waals surface area contributed by atoms with Crippen molar-refractivity contribution in [3.63, 3.8) is 0 Å². The van der Waals surface area contributed by atoms with Crippen LogP contribution in [0.1, 0.15) is 23.3 Å². The Hall–Kier alpha value is -2.13. The first-order chi connectivity index (χ1) is 13.1. The van der Waals surface area contributed by atoms with Gasteiger partial charge in [0, 0.05) is 11.3 Å². The zero-order chi connectivity index (χ0) is 21.1. The van der Waals surface area contributed by atoms with Gasteiger partial charge in [-0.05, 0) is 37.4 Å². The Kier molecular flexibility index (Phi) is 7.06. The van der Waals surface area contributed by atoms with Gasteiger partial charge >= 0.3 is 12.1 Å². The van der Waals surface area contributed by atoms with Crippen molar-refractivity contribution in [3.8, 4) is 11.5 Å². The van der Waals surface area contributed by atoms with E-state index in [1.807, 2.05) is 0 Å². The molecule has 0 fully saturated rings. The van der Waals surface area contributed by atoms with Crippen LogP contribution in [0, 0.1) is 5.82 Å². The Labute approximate surface area is 167 Å². The van der Waals surface area contributed by atoms with Crippen LogP contribution >= 0.6 is 23.4 Å². The Bertz CT molecular complexity index is 853. The summed E-state index contributed by atoms with van der Waals surface area (Å²) < 4.78 is 63.2. The maximum Gasteiger partial charge on any atom is 0.416 e. The van der Waals surface area contributed by atoms with Crippen LogP contribution in [0.2, 0.25) is 5.02 Å². The summed E-state index contributed by atoms with van der Waals surface area (Å²) in [7, 11) is 0. The number of nitrogen functional groups attached to an aromatic ring is 1. The molecule has 0 bridgehead atoms. The van der Waals surface area contributed by atoms with Crippen LogP contribution in [0.4, 0.5) is 23.2 Å². The molecule has 0 amide bonds. The molecule has 0 aliphatic rings. The summed E-state index contributed by atoms with van der Waals surface area (Å²) in [5.74, 6) is -2.51. The Morgan fingerprint density at radius 1 is 1.32 bits per heavy atom. The van der Waals surface area contributed by atoms with Crippen molar-refractivity contribution in [1.29, 1.82) is 0 Å². The van der Waals surface area contributed by atoms with Crippen LogP contribution in [0.5, 0.6) is 11.5 Å². The second-order valence-electron chi connectivity index (χ2n) is 5.50. The number of alkyl halides is 3. The Morgan fingerprint density at radius 2 is 2.00 bits per heavy atom. The van der Waals surface area contributed by atoms with Crippen LogP contribution in [-0.2, 0) is 15.7 Å². The average Bonchev–Trinajstić information content (AvgIpc) is 2.60. The number of carbonyl (C=O) groups is 1. The molecule has 0 aliphatic heterocycles. The maximum absolute atomic E-state index is 14.3. The largest absolute Gasteiger partial charge is 0.465 e. The van der Waals surface area contributed by atoms with E-state index in [9.17, 15) is 22.4 Å². The number of hydrogen-bond acceptors (Lipinski definition) is 5. The summed E-state index contributed by atoms with van der Waals surface area (Å²) >= 11 is 6.93. The predicted molar refractivity (Wildman–Crippen MR) is 100 cm³/mol. The highest BCUT2D eigenvalue weighted by atomic mass is 35.5. The van der Waals surface area contributed by atoms with E-state index < -0.39 is 39.5 Å². The van der Waals surface area contributed by atoms with E-state index in [4.69, 9.17) is 26.8 Å². The lowest BCUT2D eigenvalue weighted by atomic mass is 10.1. The number of ether oxygens (including phenoxy) is 2. The van der Waals surface area contributed by atoms with Crippen LogP contribution in [-0.4, -0.2) is 18.8 Å². The second kappa shape index (κ2) is 8.91. The first-order valence-corrected chi connectivity index (χ1v) is 9.58. The molecule has 28 heavy (non-hydrogen) atoms. The van der Waals surface area contributed by atoms with Crippen LogP contribution in [0.15, 0.2) is 30.3 Å². The minimum Gasteiger partial charge on any atom is -0.465 e. The van der Waals surface area contributed by atoms with Crippen molar-refractivity contribution < 1.29 is 31.8 Å². The third kappa shape index (κ3) is 4.82. The highest BCUT2D eigenvalue weighted by Gasteiger charge is 2.33. The third-order valence-electron chi connectivity index (χ3n) is 3.64. The Morgan fingerprint density at radius 3 is 2.54 bits per heavy atom. The smallest absolute Gasteiger partial charge is 0.416 e. The highest BCUT2D eigenvalue weighted by Crippen LogP contribution is 2.43. The molecular formula is C18H16ClF4NO3S. The number of nitrogens with two attached hydrogens (primary N) is 1. The molecule has 4 nitrogen and oxygen atoms in total. The van der Waals surface area contributed by atoms with Crippen molar-refractivity contribution in [1.82, 2.24) is 0 Å². The molecule has 2 rings (SSSR count). The predicted octanol–water partition coefficient (Wildman–Crippen LogP) is 5.84. The lowest BCUT2D eigenvalue weighted by Crippen LogP contribution is -2.15. The van der Waals surface area contributed by atoms with Crippen LogP contribution < -0.4 is 10.5 Å². The van der Waals surface area contributed by atoms with Gasteiger partial charge < -0.3 is 15.2 Å². The van der Waals surface area contributed by atoms with Crippen molar-refractivity contribution in [2.75, 3.05) is 18.6 Å². The van der Waals surface area contributed by atoms with Gasteiger partial charge in [0.2, 0.25) is 0 Å². The van der Waals surface area contributed by atoms with Crippen molar-refractivity contribution >= 4 is 35.0 Å². The second-order valence-corrected chi connectivity index (χ2v) is 6.85. The fourth-order valence-electron chi connectivity index (χ4n) is 2.41. The third-order valence-corrected chi connectivity index (χ3v) is 4.82. The molecule has 2 aromatic carbocycles. The summed E-state index contributed by atoms with van der Waals surface area (Å²) in [4.78, 5) is 12.2. The van der Waals surface area contributed by atoms with Gasteiger partial charge in [-0.3, -0.25) is 4.79 Å². The molecule has 0 saturated carbocycles. The van der Waals surface area contributed by atoms with Gasteiger partial charge in [-0.2, -0.15) is 13.2 Å². The molecule has 0 spiro atoms. The van der Waals surface area contributed by atoms with E-state index in [-0.39, 0.29) is 29.7 Å². The molecule has 2 aromatic rings. The van der Waals surface area contributed by atoms with Gasteiger partial charge in [-0.1, -0.05) is 17.7 Å². The highest BCUT2D eigenvalue weighted by molar-refractivity contribution is 7.99. The molecule has 0 aliphatic carbocycles. The van der Waals surface area contributed by atoms with E-state index in [0.717, 1.165) is 11.8 Å². The zero-order valence-corrected chi connectivity index (χ0v) is 16.3. The molecule has 0 saturated heterocycles. The molecule has 152 valence electrons. The molecule has 0 radical (unpaired) electrons. The SMILES string of the molecule is CCOC(=O)C(SC)c1c(N)cccc1Oc1c(F)cc(C(F)(F)F)cc1Cl. The minimum atomic E-state index is -4.76. The first-order valence-electron chi connectivity index (χ1n) is 7.92. The number of anilines is 1. The van der Waals surface area contributed by atoms with Crippen molar-refractivity contribution in [2.45, 2.75) is 18.3 Å². The normalized spacial score (nSPS) is 12.5. The van der Waals surface area contributed by atoms with Crippen molar-refractivity contribution in [2.24, 2.45) is 0 Å². The molecular weight excluding hydrogens is 422 g/mol. The number of thioether (sulfide) groups is 1. The zero-order valence-electron chi connectivity index (χ0n) is 14.8. The summed E-state index contributed by atoms with van der Waals surface area (Å²) in [5.41, 5.74) is 5.11. The summed E-state index contributed by atoms with van der Waals surface area (Å²) in [5, 5.41) is -1.45. The standard InChI is InChI=1S/C18H16ClF4NO3S/c1-3-26-17(25)16(28-2)14-12(24)5-4-6-13(14)27-15-10(19)7-9(8-11(15)20)18(21,22)23/h4-8,16H,3,24H2,1-2H3. The number of rotatable bonds is 6. The number of hydrogen-bond donors (Lipinski definition) is 1. The summed E-state index contributed by atoms with van der Waals surface area (Å²) in [6.07, 6.45) is -3.12. The fraction of sp³-hybridized carbons (Fsp3) is 0.278. The molecule has 10 heteroatoms.